The van der Waals surface area contributed by atoms with Crippen LogP contribution in [0.25, 0.3) is 0 Å². The Labute approximate surface area is 148 Å². The minimum absolute atomic E-state index is 0.240. The first-order valence-corrected chi connectivity index (χ1v) is 9.96. The standard InChI is InChI=1S/C19H25O5P/c1-12(2)19-14(4)16(6-8-18(19)20)10-15-5-7-17(9-13(15)3)24-11-25(21,22)23/h5-9,12,20H,10-11H2,1-4H3,(H2,21,22,23). The number of aryl methyl sites for hydroxylation is 1. The molecule has 2 aromatic rings. The van der Waals surface area contributed by atoms with Crippen LogP contribution in [0.2, 0.25) is 0 Å². The van der Waals surface area contributed by atoms with E-state index in [1.807, 2.05) is 26.0 Å². The van der Waals surface area contributed by atoms with Crippen molar-refractivity contribution < 1.29 is 24.2 Å². The predicted molar refractivity (Wildman–Crippen MR) is 98.5 cm³/mol. The molecule has 0 fully saturated rings. The second-order valence-corrected chi connectivity index (χ2v) is 8.23. The van der Waals surface area contributed by atoms with E-state index in [2.05, 4.69) is 13.8 Å². The molecule has 6 heteroatoms. The van der Waals surface area contributed by atoms with Gasteiger partial charge in [0, 0.05) is 0 Å². The van der Waals surface area contributed by atoms with Crippen LogP contribution in [-0.4, -0.2) is 21.2 Å². The molecule has 0 aliphatic heterocycles. The van der Waals surface area contributed by atoms with Gasteiger partial charge in [-0.05, 0) is 72.2 Å². The largest absolute Gasteiger partial charge is 0.508 e. The third-order valence-electron chi connectivity index (χ3n) is 4.28. The van der Waals surface area contributed by atoms with Gasteiger partial charge in [-0.15, -0.1) is 0 Å². The average molecular weight is 364 g/mol. The quantitative estimate of drug-likeness (QED) is 0.668. The van der Waals surface area contributed by atoms with Crippen LogP contribution in [0.3, 0.4) is 0 Å². The van der Waals surface area contributed by atoms with Crippen molar-refractivity contribution in [2.24, 2.45) is 0 Å². The molecule has 0 radical (unpaired) electrons. The molecule has 0 aromatic heterocycles. The number of phenolic OH excluding ortho intramolecular Hbond substituents is 1. The Morgan fingerprint density at radius 2 is 1.72 bits per heavy atom. The van der Waals surface area contributed by atoms with E-state index in [0.717, 1.165) is 34.2 Å². The zero-order valence-electron chi connectivity index (χ0n) is 15.0. The van der Waals surface area contributed by atoms with Gasteiger partial charge in [-0.3, -0.25) is 4.57 Å². The molecule has 0 aliphatic rings. The molecule has 5 nitrogen and oxygen atoms in total. The summed E-state index contributed by atoms with van der Waals surface area (Å²) in [5, 5.41) is 10.1. The molecule has 0 unspecified atom stereocenters. The molecule has 0 atom stereocenters. The smallest absolute Gasteiger partial charge is 0.362 e. The van der Waals surface area contributed by atoms with Gasteiger partial charge in [-0.25, -0.2) is 0 Å². The molecule has 3 N–H and O–H groups in total. The summed E-state index contributed by atoms with van der Waals surface area (Å²) in [6, 6.07) is 9.09. The fourth-order valence-corrected chi connectivity index (χ4v) is 3.32. The molecule has 0 saturated heterocycles. The number of aromatic hydroxyl groups is 1. The summed E-state index contributed by atoms with van der Waals surface area (Å²) in [5.74, 6) is 1.01. The summed E-state index contributed by atoms with van der Waals surface area (Å²) < 4.78 is 16.0. The van der Waals surface area contributed by atoms with Crippen molar-refractivity contribution >= 4 is 7.60 Å². The fraction of sp³-hybridized carbons (Fsp3) is 0.368. The lowest BCUT2D eigenvalue weighted by Gasteiger charge is -2.17. The van der Waals surface area contributed by atoms with Crippen LogP contribution >= 0.6 is 7.60 Å². The highest BCUT2D eigenvalue weighted by atomic mass is 31.2. The van der Waals surface area contributed by atoms with Crippen LogP contribution in [-0.2, 0) is 11.0 Å². The van der Waals surface area contributed by atoms with Gasteiger partial charge in [0.25, 0.3) is 0 Å². The molecule has 0 heterocycles. The Kier molecular flexibility index (Phi) is 5.94. The van der Waals surface area contributed by atoms with Crippen molar-refractivity contribution in [3.05, 3.63) is 58.1 Å². The van der Waals surface area contributed by atoms with Crippen LogP contribution in [0.4, 0.5) is 0 Å². The van der Waals surface area contributed by atoms with Crippen LogP contribution in [0.15, 0.2) is 30.3 Å². The Morgan fingerprint density at radius 1 is 1.08 bits per heavy atom. The maximum atomic E-state index is 10.9. The summed E-state index contributed by atoms with van der Waals surface area (Å²) in [6.45, 7) is 8.09. The lowest BCUT2D eigenvalue weighted by Crippen LogP contribution is -2.02. The first-order chi connectivity index (χ1) is 11.6. The van der Waals surface area contributed by atoms with E-state index in [9.17, 15) is 9.67 Å². The summed E-state index contributed by atoms with van der Waals surface area (Å²) >= 11 is 0. The Morgan fingerprint density at radius 3 is 2.28 bits per heavy atom. The Hall–Kier alpha value is -1.81. The number of ether oxygens (including phenoxy) is 1. The highest BCUT2D eigenvalue weighted by molar-refractivity contribution is 7.51. The van der Waals surface area contributed by atoms with E-state index < -0.39 is 13.9 Å². The van der Waals surface area contributed by atoms with Crippen molar-refractivity contribution in [1.82, 2.24) is 0 Å². The normalized spacial score (nSPS) is 11.8. The number of phenols is 1. The summed E-state index contributed by atoms with van der Waals surface area (Å²) in [4.78, 5) is 17.8. The van der Waals surface area contributed by atoms with E-state index in [1.54, 1.807) is 18.2 Å². The second-order valence-electron chi connectivity index (χ2n) is 6.64. The molecular formula is C19H25O5P. The van der Waals surface area contributed by atoms with Gasteiger partial charge >= 0.3 is 7.60 Å². The number of rotatable bonds is 6. The summed E-state index contributed by atoms with van der Waals surface area (Å²) in [6.07, 6.45) is 0.0943. The molecule has 0 spiro atoms. The van der Waals surface area contributed by atoms with Gasteiger partial charge in [0.05, 0.1) is 0 Å². The van der Waals surface area contributed by atoms with Crippen LogP contribution in [0.5, 0.6) is 11.5 Å². The summed E-state index contributed by atoms with van der Waals surface area (Å²) in [7, 11) is -4.19. The highest BCUT2D eigenvalue weighted by Gasteiger charge is 2.15. The maximum absolute atomic E-state index is 10.9. The second kappa shape index (κ2) is 7.61. The first kappa shape index (κ1) is 19.5. The lowest BCUT2D eigenvalue weighted by atomic mass is 9.90. The fourth-order valence-electron chi connectivity index (χ4n) is 3.00. The maximum Gasteiger partial charge on any atom is 0.362 e. The first-order valence-electron chi connectivity index (χ1n) is 8.16. The Balaban J connectivity index is 2.24. The summed E-state index contributed by atoms with van der Waals surface area (Å²) in [5.41, 5.74) is 5.30. The lowest BCUT2D eigenvalue weighted by molar-refractivity contribution is 0.300. The van der Waals surface area contributed by atoms with Crippen molar-refractivity contribution in [3.8, 4) is 11.5 Å². The molecule has 2 rings (SSSR count). The van der Waals surface area contributed by atoms with E-state index in [4.69, 9.17) is 14.5 Å². The zero-order valence-corrected chi connectivity index (χ0v) is 15.9. The Bertz CT molecular complexity index is 808. The SMILES string of the molecule is Cc1cc(OCP(=O)(O)O)ccc1Cc1ccc(O)c(C(C)C)c1C. The van der Waals surface area contributed by atoms with Crippen molar-refractivity contribution in [2.45, 2.75) is 40.0 Å². The molecule has 0 amide bonds. The third-order valence-corrected chi connectivity index (χ3v) is 4.74. The monoisotopic (exact) mass is 364 g/mol. The molecule has 2 aromatic carbocycles. The van der Waals surface area contributed by atoms with Crippen molar-refractivity contribution in [2.75, 3.05) is 6.35 Å². The third kappa shape index (κ3) is 5.08. The molecular weight excluding hydrogens is 339 g/mol. The van der Waals surface area contributed by atoms with Gasteiger partial charge in [0.15, 0.2) is 6.35 Å². The van der Waals surface area contributed by atoms with Gasteiger partial charge in [0.2, 0.25) is 0 Å². The number of hydrogen-bond acceptors (Lipinski definition) is 3. The average Bonchev–Trinajstić information content (AvgIpc) is 2.49. The van der Waals surface area contributed by atoms with Crippen LogP contribution < -0.4 is 4.74 Å². The number of benzene rings is 2. The highest BCUT2D eigenvalue weighted by Crippen LogP contribution is 2.35. The van der Waals surface area contributed by atoms with Gasteiger partial charge in [0.1, 0.15) is 11.5 Å². The minimum Gasteiger partial charge on any atom is -0.508 e. The molecule has 136 valence electrons. The van der Waals surface area contributed by atoms with E-state index in [0.29, 0.717) is 11.5 Å². The minimum atomic E-state index is -4.19. The van der Waals surface area contributed by atoms with Gasteiger partial charge in [-0.2, -0.15) is 0 Å². The van der Waals surface area contributed by atoms with E-state index >= 15 is 0 Å². The number of hydrogen-bond donors (Lipinski definition) is 3. The van der Waals surface area contributed by atoms with Crippen LogP contribution in [0.1, 0.15) is 47.6 Å². The van der Waals surface area contributed by atoms with Crippen LogP contribution in [0, 0.1) is 13.8 Å². The van der Waals surface area contributed by atoms with Crippen molar-refractivity contribution in [1.29, 1.82) is 0 Å². The molecule has 0 bridgehead atoms. The van der Waals surface area contributed by atoms with Gasteiger partial charge < -0.3 is 19.6 Å². The predicted octanol–water partition coefficient (Wildman–Crippen LogP) is 4.24. The zero-order chi connectivity index (χ0) is 18.8. The molecule has 0 saturated carbocycles. The molecule has 0 aliphatic carbocycles. The van der Waals surface area contributed by atoms with E-state index in [-0.39, 0.29) is 5.92 Å². The topological polar surface area (TPSA) is 87.0 Å². The van der Waals surface area contributed by atoms with Gasteiger partial charge in [-0.1, -0.05) is 26.0 Å². The van der Waals surface area contributed by atoms with E-state index in [1.165, 1.54) is 0 Å². The molecule has 25 heavy (non-hydrogen) atoms. The van der Waals surface area contributed by atoms with Crippen molar-refractivity contribution in [3.63, 3.8) is 0 Å².